The van der Waals surface area contributed by atoms with Gasteiger partial charge in [0.05, 0.1) is 26.7 Å². The van der Waals surface area contributed by atoms with Crippen LogP contribution in [0, 0.1) is 5.82 Å². The van der Waals surface area contributed by atoms with Crippen LogP contribution in [-0.4, -0.2) is 61.2 Å². The number of hydrogen-bond acceptors (Lipinski definition) is 8. The molecule has 1 saturated heterocycles. The summed E-state index contributed by atoms with van der Waals surface area (Å²) in [6, 6.07) is 3.42. The number of amides is 1. The summed E-state index contributed by atoms with van der Waals surface area (Å²) in [7, 11) is 2.78. The highest BCUT2D eigenvalue weighted by Gasteiger charge is 2.25. The fourth-order valence-electron chi connectivity index (χ4n) is 3.68. The normalized spacial score (nSPS) is 14.2. The molecule has 0 bridgehead atoms. The van der Waals surface area contributed by atoms with Gasteiger partial charge in [-0.1, -0.05) is 0 Å². The summed E-state index contributed by atoms with van der Waals surface area (Å²) in [6.07, 6.45) is 4.31. The number of anilines is 2. The van der Waals surface area contributed by atoms with E-state index in [1.807, 2.05) is 15.9 Å². The third kappa shape index (κ3) is 4.05. The van der Waals surface area contributed by atoms with Crippen LogP contribution in [0.3, 0.4) is 0 Å². The van der Waals surface area contributed by atoms with E-state index in [4.69, 9.17) is 19.6 Å². The summed E-state index contributed by atoms with van der Waals surface area (Å²) < 4.78 is 30.3. The number of aryl methyl sites for hydroxylation is 1. The fourth-order valence-corrected chi connectivity index (χ4v) is 3.68. The van der Waals surface area contributed by atoms with Gasteiger partial charge in [-0.15, -0.1) is 0 Å². The van der Waals surface area contributed by atoms with Crippen molar-refractivity contribution in [3.8, 4) is 11.5 Å². The number of nitrogens with two attached hydrogens (primary N) is 1. The Morgan fingerprint density at radius 1 is 1.23 bits per heavy atom. The average Bonchev–Trinajstić information content (AvgIpc) is 3.31. The quantitative estimate of drug-likeness (QED) is 0.636. The second-order valence-corrected chi connectivity index (χ2v) is 7.23. The minimum absolute atomic E-state index is 0.0351. The van der Waals surface area contributed by atoms with Crippen LogP contribution >= 0.6 is 0 Å². The highest BCUT2D eigenvalue weighted by molar-refractivity contribution is 5.92. The van der Waals surface area contributed by atoms with E-state index in [9.17, 15) is 9.18 Å². The van der Waals surface area contributed by atoms with E-state index in [1.165, 1.54) is 14.2 Å². The van der Waals surface area contributed by atoms with Gasteiger partial charge >= 0.3 is 0 Å². The van der Waals surface area contributed by atoms with E-state index < -0.39 is 5.82 Å². The van der Waals surface area contributed by atoms with Crippen LogP contribution in [0.2, 0.25) is 0 Å². The molecule has 0 unspecified atom stereocenters. The minimum Gasteiger partial charge on any atom is -0.493 e. The van der Waals surface area contributed by atoms with Crippen molar-refractivity contribution >= 4 is 28.6 Å². The first-order chi connectivity index (χ1) is 15.0. The van der Waals surface area contributed by atoms with Crippen molar-refractivity contribution in [2.75, 3.05) is 51.0 Å². The monoisotopic (exact) mass is 429 g/mol. The lowest BCUT2D eigenvalue weighted by Gasteiger charge is -2.35. The predicted molar refractivity (Wildman–Crippen MR) is 113 cm³/mol. The van der Waals surface area contributed by atoms with Crippen molar-refractivity contribution in [1.82, 2.24) is 14.9 Å². The Morgan fingerprint density at radius 2 is 2.00 bits per heavy atom. The van der Waals surface area contributed by atoms with E-state index >= 15 is 0 Å². The Kier molecular flexibility index (Phi) is 5.79. The summed E-state index contributed by atoms with van der Waals surface area (Å²) >= 11 is 0. The van der Waals surface area contributed by atoms with E-state index in [0.717, 1.165) is 5.56 Å². The molecule has 0 aliphatic carbocycles. The molecule has 3 heterocycles. The number of benzene rings is 1. The Labute approximate surface area is 178 Å². The molecule has 1 aliphatic rings. The molecule has 164 valence electrons. The Bertz CT molecular complexity index is 1080. The summed E-state index contributed by atoms with van der Waals surface area (Å²) in [4.78, 5) is 24.9. The molecule has 1 fully saturated rings. The standard InChI is InChI=1S/C21H24FN5O4/c1-29-15-11-14-18(17(22)19(15)30-2)24-21(25-20(14)23)27-8-6-26(7-9-27)16(28)4-3-13-5-10-31-12-13/h5,10-12H,3-4,6-9H2,1-2H3,(H2,23,24,25). The summed E-state index contributed by atoms with van der Waals surface area (Å²) in [5, 5.41) is 0.354. The predicted octanol–water partition coefficient (Wildman–Crippen LogP) is 2.24. The number of piperazine rings is 1. The van der Waals surface area contributed by atoms with Crippen LogP contribution in [0.25, 0.3) is 10.9 Å². The second kappa shape index (κ2) is 8.66. The first kappa shape index (κ1) is 20.7. The molecule has 2 N–H and O–H groups in total. The fraction of sp³-hybridized carbons (Fsp3) is 0.381. The smallest absolute Gasteiger partial charge is 0.228 e. The first-order valence-corrected chi connectivity index (χ1v) is 9.93. The molecule has 9 nitrogen and oxygen atoms in total. The number of nitrogens with zero attached hydrogens (tertiary/aromatic N) is 4. The van der Waals surface area contributed by atoms with E-state index in [0.29, 0.717) is 50.4 Å². The average molecular weight is 429 g/mol. The van der Waals surface area contributed by atoms with E-state index in [2.05, 4.69) is 9.97 Å². The van der Waals surface area contributed by atoms with Gasteiger partial charge in [-0.05, 0) is 24.1 Å². The molecule has 1 amide bonds. The number of furan rings is 1. The maximum Gasteiger partial charge on any atom is 0.228 e. The third-order valence-corrected chi connectivity index (χ3v) is 5.42. The van der Waals surface area contributed by atoms with Crippen molar-refractivity contribution in [3.63, 3.8) is 0 Å². The van der Waals surface area contributed by atoms with Crippen LogP contribution < -0.4 is 20.1 Å². The first-order valence-electron chi connectivity index (χ1n) is 9.93. The number of rotatable bonds is 6. The van der Waals surface area contributed by atoms with E-state index in [-0.39, 0.29) is 28.7 Å². The molecule has 0 atom stereocenters. The molecule has 0 spiro atoms. The highest BCUT2D eigenvalue weighted by atomic mass is 19.1. The molecule has 0 radical (unpaired) electrons. The number of ether oxygens (including phenoxy) is 2. The number of methoxy groups -OCH3 is 2. The molecule has 0 saturated carbocycles. The van der Waals surface area contributed by atoms with Crippen molar-refractivity contribution in [1.29, 1.82) is 0 Å². The molecule has 3 aromatic rings. The number of carbonyl (C=O) groups is 1. The van der Waals surface area contributed by atoms with Crippen molar-refractivity contribution in [2.24, 2.45) is 0 Å². The van der Waals surface area contributed by atoms with Crippen LogP contribution in [0.15, 0.2) is 29.1 Å². The minimum atomic E-state index is -0.653. The number of hydrogen-bond donors (Lipinski definition) is 1. The van der Waals surface area contributed by atoms with Gasteiger partial charge in [0.1, 0.15) is 11.3 Å². The van der Waals surface area contributed by atoms with Crippen molar-refractivity contribution in [3.05, 3.63) is 36.0 Å². The van der Waals surface area contributed by atoms with Gasteiger partial charge in [-0.2, -0.15) is 4.98 Å². The highest BCUT2D eigenvalue weighted by Crippen LogP contribution is 2.37. The topological polar surface area (TPSA) is 107 Å². The number of fused-ring (bicyclic) bond motifs is 1. The SMILES string of the molecule is COc1cc2c(N)nc(N3CCN(C(=O)CCc4ccoc4)CC3)nc2c(F)c1OC. The zero-order valence-corrected chi connectivity index (χ0v) is 17.4. The largest absolute Gasteiger partial charge is 0.493 e. The second-order valence-electron chi connectivity index (χ2n) is 7.23. The van der Waals surface area contributed by atoms with Crippen LogP contribution in [0.4, 0.5) is 16.2 Å². The summed E-state index contributed by atoms with van der Waals surface area (Å²) in [5.74, 6) is 0.0909. The van der Waals surface area contributed by atoms with Gasteiger partial charge in [-0.3, -0.25) is 4.79 Å². The lowest BCUT2D eigenvalue weighted by molar-refractivity contribution is -0.131. The van der Waals surface area contributed by atoms with Crippen LogP contribution in [-0.2, 0) is 11.2 Å². The molecule has 31 heavy (non-hydrogen) atoms. The summed E-state index contributed by atoms with van der Waals surface area (Å²) in [5.41, 5.74) is 7.17. The Balaban J connectivity index is 1.48. The molecule has 2 aromatic heterocycles. The molecule has 4 rings (SSSR count). The molecule has 1 aromatic carbocycles. The number of carbonyl (C=O) groups excluding carboxylic acids is 1. The lowest BCUT2D eigenvalue weighted by Crippen LogP contribution is -2.49. The van der Waals surface area contributed by atoms with Gasteiger partial charge in [0, 0.05) is 38.0 Å². The van der Waals surface area contributed by atoms with Gasteiger partial charge < -0.3 is 29.4 Å². The lowest BCUT2D eigenvalue weighted by atomic mass is 10.1. The number of nitrogen functional groups attached to an aromatic ring is 1. The molecule has 1 aliphatic heterocycles. The van der Waals surface area contributed by atoms with Gasteiger partial charge in [0.25, 0.3) is 0 Å². The zero-order chi connectivity index (χ0) is 22.0. The Hall–Kier alpha value is -3.56. The third-order valence-electron chi connectivity index (χ3n) is 5.42. The van der Waals surface area contributed by atoms with Gasteiger partial charge in [0.15, 0.2) is 17.3 Å². The van der Waals surface area contributed by atoms with Crippen molar-refractivity contribution < 1.29 is 23.1 Å². The van der Waals surface area contributed by atoms with E-state index in [1.54, 1.807) is 18.6 Å². The zero-order valence-electron chi connectivity index (χ0n) is 17.4. The molecular formula is C21H24FN5O4. The molecular weight excluding hydrogens is 405 g/mol. The maximum atomic E-state index is 15.0. The van der Waals surface area contributed by atoms with Crippen LogP contribution in [0.5, 0.6) is 11.5 Å². The van der Waals surface area contributed by atoms with Crippen LogP contribution in [0.1, 0.15) is 12.0 Å². The van der Waals surface area contributed by atoms with Crippen molar-refractivity contribution in [2.45, 2.75) is 12.8 Å². The van der Waals surface area contributed by atoms with Gasteiger partial charge in [0.2, 0.25) is 11.9 Å². The van der Waals surface area contributed by atoms with Gasteiger partial charge in [-0.25, -0.2) is 9.37 Å². The molecule has 10 heteroatoms. The summed E-state index contributed by atoms with van der Waals surface area (Å²) in [6.45, 7) is 2.11. The maximum absolute atomic E-state index is 15.0. The number of halogens is 1. The Morgan fingerprint density at radius 3 is 2.65 bits per heavy atom. The number of aromatic nitrogens is 2.